The monoisotopic (exact) mass is 424 g/mol. The quantitative estimate of drug-likeness (QED) is 0.635. The van der Waals surface area contributed by atoms with Gasteiger partial charge in [-0.25, -0.2) is 4.68 Å². The van der Waals surface area contributed by atoms with Crippen molar-refractivity contribution < 1.29 is 22.4 Å². The highest BCUT2D eigenvalue weighted by Crippen LogP contribution is 2.43. The molecule has 0 radical (unpaired) electrons. The number of nitrogens with zero attached hydrogens (tertiary/aromatic N) is 2. The van der Waals surface area contributed by atoms with Crippen molar-refractivity contribution in [2.75, 3.05) is 5.32 Å². The van der Waals surface area contributed by atoms with Gasteiger partial charge in [-0.05, 0) is 29.8 Å². The number of benzene rings is 1. The van der Waals surface area contributed by atoms with Crippen LogP contribution in [0.3, 0.4) is 0 Å². The van der Waals surface area contributed by atoms with E-state index >= 15 is 0 Å². The standard InChI is InChI=1S/C19H16ClF3N4O2/c20-12-5-3-11(4-6-12)14-8-16(19(21,22)23)27-17(25-14)9-15(26-27)18(28)24-10-13-2-1-7-29-13/h1-7,9,14,16,25H,8,10H2,(H,24,28). The molecular formula is C19H16ClF3N4O2. The van der Waals surface area contributed by atoms with Crippen LogP contribution < -0.4 is 10.6 Å². The summed E-state index contributed by atoms with van der Waals surface area (Å²) in [5.74, 6) is 0.0622. The SMILES string of the molecule is O=C(NCc1ccco1)c1cc2n(n1)C(C(F)(F)F)CC(c1ccc(Cl)cc1)N2. The highest BCUT2D eigenvalue weighted by molar-refractivity contribution is 6.30. The lowest BCUT2D eigenvalue weighted by Crippen LogP contribution is -2.35. The summed E-state index contributed by atoms with van der Waals surface area (Å²) in [5, 5.41) is 10.0. The van der Waals surface area contributed by atoms with Gasteiger partial charge in [-0.15, -0.1) is 0 Å². The number of amides is 1. The first kappa shape index (κ1) is 19.4. The second-order valence-electron chi connectivity index (χ2n) is 6.66. The number of hydrogen-bond donors (Lipinski definition) is 2. The number of fused-ring (bicyclic) bond motifs is 1. The minimum Gasteiger partial charge on any atom is -0.467 e. The van der Waals surface area contributed by atoms with Crippen LogP contribution in [-0.2, 0) is 6.54 Å². The summed E-state index contributed by atoms with van der Waals surface area (Å²) in [6, 6.07) is 8.82. The molecule has 2 N–H and O–H groups in total. The van der Waals surface area contributed by atoms with Gasteiger partial charge in [0, 0.05) is 17.5 Å². The first-order valence-electron chi connectivity index (χ1n) is 8.80. The fourth-order valence-corrected chi connectivity index (χ4v) is 3.40. The van der Waals surface area contributed by atoms with Gasteiger partial charge in [0.15, 0.2) is 11.7 Å². The molecule has 10 heteroatoms. The minimum absolute atomic E-state index is 0.106. The van der Waals surface area contributed by atoms with Crippen LogP contribution in [0.1, 0.15) is 40.3 Å². The molecule has 1 aliphatic rings. The van der Waals surface area contributed by atoms with E-state index in [2.05, 4.69) is 15.7 Å². The first-order chi connectivity index (χ1) is 13.8. The number of furan rings is 1. The van der Waals surface area contributed by atoms with Crippen molar-refractivity contribution in [2.45, 2.75) is 31.2 Å². The Morgan fingerprint density at radius 1 is 1.31 bits per heavy atom. The van der Waals surface area contributed by atoms with E-state index in [1.807, 2.05) is 0 Å². The second-order valence-corrected chi connectivity index (χ2v) is 7.10. The van der Waals surface area contributed by atoms with E-state index in [0.717, 1.165) is 4.68 Å². The second kappa shape index (κ2) is 7.47. The van der Waals surface area contributed by atoms with Crippen LogP contribution in [0.5, 0.6) is 0 Å². The van der Waals surface area contributed by atoms with Crippen molar-refractivity contribution in [1.29, 1.82) is 0 Å². The number of alkyl halides is 3. The molecule has 29 heavy (non-hydrogen) atoms. The molecule has 152 valence electrons. The van der Waals surface area contributed by atoms with E-state index in [9.17, 15) is 18.0 Å². The zero-order valence-corrected chi connectivity index (χ0v) is 15.7. The minimum atomic E-state index is -4.52. The summed E-state index contributed by atoms with van der Waals surface area (Å²) in [6.07, 6.45) is -3.31. The Morgan fingerprint density at radius 3 is 2.72 bits per heavy atom. The maximum atomic E-state index is 13.7. The van der Waals surface area contributed by atoms with Gasteiger partial charge in [0.25, 0.3) is 5.91 Å². The van der Waals surface area contributed by atoms with Crippen LogP contribution in [-0.4, -0.2) is 21.9 Å². The van der Waals surface area contributed by atoms with Crippen molar-refractivity contribution in [3.63, 3.8) is 0 Å². The lowest BCUT2D eigenvalue weighted by Gasteiger charge is -2.33. The average Bonchev–Trinajstić information content (AvgIpc) is 3.34. The molecule has 2 atom stereocenters. The number of aromatic nitrogens is 2. The highest BCUT2D eigenvalue weighted by Gasteiger charge is 2.46. The zero-order valence-electron chi connectivity index (χ0n) is 14.9. The molecule has 0 aliphatic carbocycles. The Bertz CT molecular complexity index is 1000. The number of carbonyl (C=O) groups is 1. The van der Waals surface area contributed by atoms with Gasteiger partial charge < -0.3 is 15.1 Å². The maximum Gasteiger partial charge on any atom is 0.410 e. The van der Waals surface area contributed by atoms with Crippen molar-refractivity contribution >= 4 is 23.3 Å². The molecule has 3 heterocycles. The molecule has 0 spiro atoms. The Morgan fingerprint density at radius 2 is 2.07 bits per heavy atom. The number of halogens is 4. The lowest BCUT2D eigenvalue weighted by molar-refractivity contribution is -0.173. The number of nitrogens with one attached hydrogen (secondary N) is 2. The summed E-state index contributed by atoms with van der Waals surface area (Å²) in [6.45, 7) is 0.109. The molecule has 1 aromatic carbocycles. The molecule has 3 aromatic rings. The third-order valence-electron chi connectivity index (χ3n) is 4.70. The van der Waals surface area contributed by atoms with E-state index < -0.39 is 24.2 Å². The average molecular weight is 425 g/mol. The van der Waals surface area contributed by atoms with Crippen molar-refractivity contribution in [2.24, 2.45) is 0 Å². The summed E-state index contributed by atoms with van der Waals surface area (Å²) >= 11 is 5.87. The Kier molecular flexibility index (Phi) is 4.99. The van der Waals surface area contributed by atoms with E-state index in [-0.39, 0.29) is 24.5 Å². The van der Waals surface area contributed by atoms with Crippen LogP contribution in [0.2, 0.25) is 5.02 Å². The number of carbonyl (C=O) groups excluding carboxylic acids is 1. The van der Waals surface area contributed by atoms with Gasteiger partial charge in [-0.2, -0.15) is 18.3 Å². The van der Waals surface area contributed by atoms with Gasteiger partial charge in [0.2, 0.25) is 0 Å². The molecule has 1 amide bonds. The Labute approximate surface area is 168 Å². The van der Waals surface area contributed by atoms with Gasteiger partial charge in [-0.3, -0.25) is 4.79 Å². The molecule has 2 unspecified atom stereocenters. The molecule has 0 saturated carbocycles. The number of anilines is 1. The van der Waals surface area contributed by atoms with E-state index in [1.54, 1.807) is 36.4 Å². The summed E-state index contributed by atoms with van der Waals surface area (Å²) < 4.78 is 47.0. The van der Waals surface area contributed by atoms with Crippen LogP contribution in [0.15, 0.2) is 53.1 Å². The van der Waals surface area contributed by atoms with Crippen LogP contribution >= 0.6 is 11.6 Å². The molecule has 0 bridgehead atoms. The van der Waals surface area contributed by atoms with Gasteiger partial charge in [-0.1, -0.05) is 23.7 Å². The largest absolute Gasteiger partial charge is 0.467 e. The summed E-state index contributed by atoms with van der Waals surface area (Å²) in [5.41, 5.74) is 0.560. The van der Waals surface area contributed by atoms with E-state index in [1.165, 1.54) is 12.3 Å². The summed E-state index contributed by atoms with van der Waals surface area (Å²) in [7, 11) is 0. The van der Waals surface area contributed by atoms with Crippen LogP contribution in [0, 0.1) is 0 Å². The van der Waals surface area contributed by atoms with Crippen molar-refractivity contribution in [1.82, 2.24) is 15.1 Å². The zero-order chi connectivity index (χ0) is 20.6. The van der Waals surface area contributed by atoms with Crippen molar-refractivity contribution in [3.8, 4) is 0 Å². The van der Waals surface area contributed by atoms with Crippen molar-refractivity contribution in [3.05, 3.63) is 70.8 Å². The fraction of sp³-hybridized carbons (Fsp3) is 0.263. The predicted octanol–water partition coefficient (Wildman–Crippen LogP) is 4.72. The first-order valence-corrected chi connectivity index (χ1v) is 9.18. The van der Waals surface area contributed by atoms with Crippen LogP contribution in [0.25, 0.3) is 0 Å². The molecular weight excluding hydrogens is 409 g/mol. The predicted molar refractivity (Wildman–Crippen MR) is 99.6 cm³/mol. The highest BCUT2D eigenvalue weighted by atomic mass is 35.5. The number of rotatable bonds is 4. The molecule has 0 saturated heterocycles. The Hall–Kier alpha value is -2.94. The molecule has 4 rings (SSSR count). The van der Waals surface area contributed by atoms with Gasteiger partial charge >= 0.3 is 6.18 Å². The fourth-order valence-electron chi connectivity index (χ4n) is 3.27. The third kappa shape index (κ3) is 4.09. The smallest absolute Gasteiger partial charge is 0.410 e. The molecule has 6 nitrogen and oxygen atoms in total. The number of hydrogen-bond acceptors (Lipinski definition) is 4. The summed E-state index contributed by atoms with van der Waals surface area (Å²) in [4.78, 5) is 12.4. The van der Waals surface area contributed by atoms with E-state index in [0.29, 0.717) is 16.3 Å². The van der Waals surface area contributed by atoms with Gasteiger partial charge in [0.05, 0.1) is 18.8 Å². The molecule has 1 aliphatic heterocycles. The Balaban J connectivity index is 1.59. The normalized spacial score (nSPS) is 18.8. The van der Waals surface area contributed by atoms with E-state index in [4.69, 9.17) is 16.0 Å². The maximum absolute atomic E-state index is 13.7. The topological polar surface area (TPSA) is 72.1 Å². The third-order valence-corrected chi connectivity index (χ3v) is 4.95. The van der Waals surface area contributed by atoms with Gasteiger partial charge in [0.1, 0.15) is 11.6 Å². The molecule has 2 aromatic heterocycles. The molecule has 0 fully saturated rings. The lowest BCUT2D eigenvalue weighted by atomic mass is 9.97. The van der Waals surface area contributed by atoms with Crippen LogP contribution in [0.4, 0.5) is 19.0 Å².